The predicted octanol–water partition coefficient (Wildman–Crippen LogP) is 4.01. The van der Waals surface area contributed by atoms with Gasteiger partial charge in [0.1, 0.15) is 5.82 Å². The molecule has 1 heterocycles. The summed E-state index contributed by atoms with van der Waals surface area (Å²) in [5.41, 5.74) is 2.04. The van der Waals surface area contributed by atoms with Crippen LogP contribution in [0.4, 0.5) is 20.6 Å². The van der Waals surface area contributed by atoms with E-state index in [9.17, 15) is 14.0 Å². The smallest absolute Gasteiger partial charge is 0.324 e. The molecular formula is C21H22FN3O2. The van der Waals surface area contributed by atoms with Crippen LogP contribution in [0.25, 0.3) is 0 Å². The molecule has 2 aromatic rings. The SMILES string of the molecule is O=C(Nc1ccc(N2CCCN(Cc3ccccc3F)C2=O)cc1)C1CC1. The lowest BCUT2D eigenvalue weighted by molar-refractivity contribution is -0.117. The highest BCUT2D eigenvalue weighted by molar-refractivity contribution is 5.95. The molecule has 1 saturated heterocycles. The molecule has 6 heteroatoms. The standard InChI is InChI=1S/C21H22FN3O2/c22-19-5-2-1-4-16(19)14-24-12-3-13-25(21(24)27)18-10-8-17(9-11-18)23-20(26)15-6-7-15/h1-2,4-5,8-11,15H,3,6-7,12-14H2,(H,23,26). The number of carbonyl (C=O) groups excluding carboxylic acids is 2. The number of nitrogens with zero attached hydrogens (tertiary/aromatic N) is 2. The second-order valence-electron chi connectivity index (χ2n) is 7.11. The van der Waals surface area contributed by atoms with E-state index < -0.39 is 0 Å². The Balaban J connectivity index is 1.44. The van der Waals surface area contributed by atoms with Crippen LogP contribution in [0, 0.1) is 11.7 Å². The number of urea groups is 1. The molecule has 1 aliphatic carbocycles. The molecule has 2 fully saturated rings. The summed E-state index contributed by atoms with van der Waals surface area (Å²) in [6, 6.07) is 13.7. The molecule has 1 N–H and O–H groups in total. The number of rotatable bonds is 5. The number of hydrogen-bond donors (Lipinski definition) is 1. The van der Waals surface area contributed by atoms with E-state index in [4.69, 9.17) is 0 Å². The zero-order valence-corrected chi connectivity index (χ0v) is 15.0. The normalized spacial score (nSPS) is 17.1. The van der Waals surface area contributed by atoms with Gasteiger partial charge in [0.15, 0.2) is 0 Å². The molecule has 0 radical (unpaired) electrons. The third kappa shape index (κ3) is 3.94. The number of carbonyl (C=O) groups is 2. The molecule has 27 heavy (non-hydrogen) atoms. The van der Waals surface area contributed by atoms with Crippen LogP contribution in [-0.2, 0) is 11.3 Å². The van der Waals surface area contributed by atoms with E-state index in [1.807, 2.05) is 24.3 Å². The van der Waals surface area contributed by atoms with Crippen LogP contribution in [-0.4, -0.2) is 29.9 Å². The first-order chi connectivity index (χ1) is 13.1. The highest BCUT2D eigenvalue weighted by Crippen LogP contribution is 2.30. The van der Waals surface area contributed by atoms with E-state index in [-0.39, 0.29) is 30.2 Å². The van der Waals surface area contributed by atoms with Crippen LogP contribution in [0.1, 0.15) is 24.8 Å². The number of hydrogen-bond acceptors (Lipinski definition) is 2. The first-order valence-electron chi connectivity index (χ1n) is 9.32. The maximum absolute atomic E-state index is 13.9. The van der Waals surface area contributed by atoms with Crippen molar-refractivity contribution in [2.75, 3.05) is 23.3 Å². The second kappa shape index (κ2) is 7.39. The minimum atomic E-state index is -0.293. The van der Waals surface area contributed by atoms with Crippen molar-refractivity contribution in [2.45, 2.75) is 25.8 Å². The van der Waals surface area contributed by atoms with E-state index in [0.717, 1.165) is 30.6 Å². The molecule has 1 aliphatic heterocycles. The first-order valence-corrected chi connectivity index (χ1v) is 9.32. The Morgan fingerprint density at radius 1 is 1.07 bits per heavy atom. The molecule has 3 amide bonds. The summed E-state index contributed by atoms with van der Waals surface area (Å²) in [5.74, 6) is -0.0775. The van der Waals surface area contributed by atoms with Crippen molar-refractivity contribution < 1.29 is 14.0 Å². The molecule has 1 saturated carbocycles. The number of amides is 3. The summed E-state index contributed by atoms with van der Waals surface area (Å²) in [4.78, 5) is 28.1. The van der Waals surface area contributed by atoms with Gasteiger partial charge in [0.05, 0.1) is 6.54 Å². The van der Waals surface area contributed by atoms with Crippen molar-refractivity contribution in [3.8, 4) is 0 Å². The fourth-order valence-corrected chi connectivity index (χ4v) is 3.31. The number of benzene rings is 2. The second-order valence-corrected chi connectivity index (χ2v) is 7.11. The lowest BCUT2D eigenvalue weighted by Crippen LogP contribution is -2.49. The number of halogens is 1. The van der Waals surface area contributed by atoms with Crippen molar-refractivity contribution in [1.82, 2.24) is 4.90 Å². The first kappa shape index (κ1) is 17.5. The summed E-state index contributed by atoms with van der Waals surface area (Å²) in [7, 11) is 0. The Hall–Kier alpha value is -2.89. The van der Waals surface area contributed by atoms with E-state index in [1.54, 1.807) is 28.0 Å². The van der Waals surface area contributed by atoms with Crippen LogP contribution in [0.5, 0.6) is 0 Å². The number of anilines is 2. The molecule has 2 aliphatic rings. The molecule has 4 rings (SSSR count). The fourth-order valence-electron chi connectivity index (χ4n) is 3.31. The van der Waals surface area contributed by atoms with Gasteiger partial charge in [0.2, 0.25) is 5.91 Å². The number of nitrogens with one attached hydrogen (secondary N) is 1. The molecule has 0 spiro atoms. The van der Waals surface area contributed by atoms with E-state index in [1.165, 1.54) is 6.07 Å². The van der Waals surface area contributed by atoms with Gasteiger partial charge < -0.3 is 10.2 Å². The molecule has 0 bridgehead atoms. The average molecular weight is 367 g/mol. The summed E-state index contributed by atoms with van der Waals surface area (Å²) in [6.45, 7) is 1.50. The van der Waals surface area contributed by atoms with Crippen LogP contribution < -0.4 is 10.2 Å². The van der Waals surface area contributed by atoms with Gasteiger partial charge in [-0.25, -0.2) is 9.18 Å². The van der Waals surface area contributed by atoms with E-state index >= 15 is 0 Å². The zero-order valence-electron chi connectivity index (χ0n) is 15.0. The van der Waals surface area contributed by atoms with Gasteiger partial charge in [-0.2, -0.15) is 0 Å². The Bertz CT molecular complexity index is 849. The fraction of sp³-hybridized carbons (Fsp3) is 0.333. The quantitative estimate of drug-likeness (QED) is 0.868. The van der Waals surface area contributed by atoms with Gasteiger partial charge in [-0.1, -0.05) is 18.2 Å². The highest BCUT2D eigenvalue weighted by Gasteiger charge is 2.30. The largest absolute Gasteiger partial charge is 0.326 e. The lowest BCUT2D eigenvalue weighted by atomic mass is 10.1. The minimum absolute atomic E-state index is 0.0628. The summed E-state index contributed by atoms with van der Waals surface area (Å²) < 4.78 is 13.9. The van der Waals surface area contributed by atoms with Crippen LogP contribution in [0.3, 0.4) is 0 Å². The summed E-state index contributed by atoms with van der Waals surface area (Å²) in [5, 5.41) is 2.90. The van der Waals surface area contributed by atoms with Crippen molar-refractivity contribution >= 4 is 23.3 Å². The van der Waals surface area contributed by atoms with Crippen molar-refractivity contribution in [1.29, 1.82) is 0 Å². The average Bonchev–Trinajstić information content (AvgIpc) is 3.51. The van der Waals surface area contributed by atoms with E-state index in [2.05, 4.69) is 5.32 Å². The van der Waals surface area contributed by atoms with Gasteiger partial charge >= 0.3 is 6.03 Å². The Kier molecular flexibility index (Phi) is 4.79. The maximum Gasteiger partial charge on any atom is 0.324 e. The van der Waals surface area contributed by atoms with Gasteiger partial charge in [-0.15, -0.1) is 0 Å². The molecule has 0 atom stereocenters. The Morgan fingerprint density at radius 3 is 2.52 bits per heavy atom. The third-order valence-corrected chi connectivity index (χ3v) is 5.02. The van der Waals surface area contributed by atoms with Gasteiger partial charge in [0.25, 0.3) is 0 Å². The summed E-state index contributed by atoms with van der Waals surface area (Å²) in [6.07, 6.45) is 2.74. The van der Waals surface area contributed by atoms with Crippen molar-refractivity contribution in [2.24, 2.45) is 5.92 Å². The lowest BCUT2D eigenvalue weighted by Gasteiger charge is -2.35. The van der Waals surface area contributed by atoms with Gasteiger partial charge in [0, 0.05) is 35.9 Å². The molecule has 0 aromatic heterocycles. The highest BCUT2D eigenvalue weighted by atomic mass is 19.1. The summed E-state index contributed by atoms with van der Waals surface area (Å²) >= 11 is 0. The monoisotopic (exact) mass is 367 g/mol. The minimum Gasteiger partial charge on any atom is -0.326 e. The van der Waals surface area contributed by atoms with E-state index in [0.29, 0.717) is 18.7 Å². The maximum atomic E-state index is 13.9. The van der Waals surface area contributed by atoms with Crippen molar-refractivity contribution in [3.05, 3.63) is 59.9 Å². The topological polar surface area (TPSA) is 52.7 Å². The third-order valence-electron chi connectivity index (χ3n) is 5.02. The molecule has 0 unspecified atom stereocenters. The predicted molar refractivity (Wildman–Crippen MR) is 102 cm³/mol. The van der Waals surface area contributed by atoms with Crippen LogP contribution in [0.15, 0.2) is 48.5 Å². The van der Waals surface area contributed by atoms with Gasteiger partial charge in [-0.05, 0) is 49.6 Å². The molecular weight excluding hydrogens is 345 g/mol. The molecule has 140 valence electrons. The van der Waals surface area contributed by atoms with Crippen LogP contribution in [0.2, 0.25) is 0 Å². The Labute approximate surface area is 157 Å². The van der Waals surface area contributed by atoms with Crippen molar-refractivity contribution in [3.63, 3.8) is 0 Å². The molecule has 2 aromatic carbocycles. The Morgan fingerprint density at radius 2 is 1.81 bits per heavy atom. The molecule has 5 nitrogen and oxygen atoms in total. The zero-order chi connectivity index (χ0) is 18.8. The van der Waals surface area contributed by atoms with Gasteiger partial charge in [-0.3, -0.25) is 9.69 Å². The van der Waals surface area contributed by atoms with Crippen LogP contribution >= 0.6 is 0 Å².